The third-order valence-corrected chi connectivity index (χ3v) is 10.1. The lowest BCUT2D eigenvalue weighted by atomic mass is 9.98. The lowest BCUT2D eigenvalue weighted by molar-refractivity contribution is 0.282. The van der Waals surface area contributed by atoms with Crippen molar-refractivity contribution in [2.45, 2.75) is 17.7 Å². The number of anilines is 1. The van der Waals surface area contributed by atoms with E-state index in [0.29, 0.717) is 41.1 Å². The number of nitrogens with zero attached hydrogens (tertiary/aromatic N) is 4. The smallest absolute Gasteiger partial charge is 0.243 e. The highest BCUT2D eigenvalue weighted by Gasteiger charge is 2.29. The Morgan fingerprint density at radius 2 is 1.60 bits per heavy atom. The van der Waals surface area contributed by atoms with Gasteiger partial charge in [0.25, 0.3) is 0 Å². The number of aromatic nitrogens is 3. The highest BCUT2D eigenvalue weighted by Crippen LogP contribution is 2.31. The minimum Gasteiger partial charge on any atom is -0.370 e. The third kappa shape index (κ3) is 5.39. The standard InChI is InChI=1S/C30H27BrClN5O2S/c31-26-20-34-37-29(18-28(35-30(26)37)25-8-4-5-9-27(25)32)33-19-21-14-16-36(17-15-21)40(38,39)24-12-10-23(11-13-24)22-6-2-1-3-7-22/h1-13,18,20-21,33H,14-17,19H2. The molecule has 3 aromatic carbocycles. The topological polar surface area (TPSA) is 79.6 Å². The second kappa shape index (κ2) is 11.3. The Labute approximate surface area is 247 Å². The number of hydrogen-bond acceptors (Lipinski definition) is 5. The summed E-state index contributed by atoms with van der Waals surface area (Å²) in [6, 6.07) is 26.7. The van der Waals surface area contributed by atoms with Crippen LogP contribution in [0.5, 0.6) is 0 Å². The molecule has 1 N–H and O–H groups in total. The Balaban J connectivity index is 1.13. The van der Waals surface area contributed by atoms with Crippen LogP contribution in [-0.2, 0) is 10.0 Å². The van der Waals surface area contributed by atoms with Gasteiger partial charge in [0.05, 0.1) is 21.3 Å². The Kier molecular flexibility index (Phi) is 7.63. The van der Waals surface area contributed by atoms with E-state index in [1.54, 1.807) is 27.2 Å². The predicted octanol–water partition coefficient (Wildman–Crippen LogP) is 6.99. The molecule has 10 heteroatoms. The molecule has 1 aliphatic rings. The number of rotatable bonds is 7. The van der Waals surface area contributed by atoms with Gasteiger partial charge in [0.2, 0.25) is 10.0 Å². The first-order valence-corrected chi connectivity index (χ1v) is 15.7. The molecule has 0 radical (unpaired) electrons. The van der Waals surface area contributed by atoms with Gasteiger partial charge in [-0.15, -0.1) is 0 Å². The van der Waals surface area contributed by atoms with Crippen LogP contribution in [0, 0.1) is 5.92 Å². The van der Waals surface area contributed by atoms with Crippen LogP contribution in [0.15, 0.2) is 100 Å². The summed E-state index contributed by atoms with van der Waals surface area (Å²) < 4.78 is 30.9. The molecule has 1 aliphatic heterocycles. The summed E-state index contributed by atoms with van der Waals surface area (Å²) in [6.07, 6.45) is 3.26. The molecule has 0 spiro atoms. The van der Waals surface area contributed by atoms with Crippen molar-refractivity contribution in [1.82, 2.24) is 18.9 Å². The van der Waals surface area contributed by atoms with E-state index in [1.807, 2.05) is 72.8 Å². The summed E-state index contributed by atoms with van der Waals surface area (Å²) in [5, 5.41) is 8.63. The van der Waals surface area contributed by atoms with Crippen molar-refractivity contribution in [3.8, 4) is 22.4 Å². The minimum atomic E-state index is -3.55. The van der Waals surface area contributed by atoms with E-state index in [1.165, 1.54) is 0 Å². The summed E-state index contributed by atoms with van der Waals surface area (Å²) in [5.41, 5.74) is 4.35. The van der Waals surface area contributed by atoms with Crippen molar-refractivity contribution < 1.29 is 8.42 Å². The molecule has 0 amide bonds. The van der Waals surface area contributed by atoms with Gasteiger partial charge in [-0.2, -0.15) is 13.9 Å². The zero-order valence-electron chi connectivity index (χ0n) is 21.5. The molecule has 3 heterocycles. The number of nitrogens with one attached hydrogen (secondary N) is 1. The first-order valence-electron chi connectivity index (χ1n) is 13.1. The molecule has 0 unspecified atom stereocenters. The molecule has 6 rings (SSSR count). The maximum Gasteiger partial charge on any atom is 0.243 e. The van der Waals surface area contributed by atoms with Crippen LogP contribution < -0.4 is 5.32 Å². The summed E-state index contributed by atoms with van der Waals surface area (Å²) in [4.78, 5) is 5.10. The SMILES string of the molecule is O=S(=O)(c1ccc(-c2ccccc2)cc1)N1CCC(CNc2cc(-c3ccccc3Cl)nc3c(Br)cnn23)CC1. The largest absolute Gasteiger partial charge is 0.370 e. The lowest BCUT2D eigenvalue weighted by Crippen LogP contribution is -2.39. The fourth-order valence-corrected chi connectivity index (χ4v) is 7.12. The minimum absolute atomic E-state index is 0.317. The number of piperidine rings is 1. The number of halogens is 2. The number of hydrogen-bond donors (Lipinski definition) is 1. The first kappa shape index (κ1) is 27.0. The Bertz CT molecular complexity index is 1750. The molecule has 0 atom stereocenters. The molecule has 1 saturated heterocycles. The van der Waals surface area contributed by atoms with E-state index in [2.05, 4.69) is 26.3 Å². The van der Waals surface area contributed by atoms with Gasteiger partial charge in [0.1, 0.15) is 5.82 Å². The van der Waals surface area contributed by atoms with Gasteiger partial charge in [-0.3, -0.25) is 0 Å². The zero-order chi connectivity index (χ0) is 27.7. The van der Waals surface area contributed by atoms with Gasteiger partial charge in [0, 0.05) is 36.3 Å². The van der Waals surface area contributed by atoms with Crippen LogP contribution >= 0.6 is 27.5 Å². The predicted molar refractivity (Wildman–Crippen MR) is 163 cm³/mol. The summed E-state index contributed by atoms with van der Waals surface area (Å²) in [6.45, 7) is 1.66. The number of fused-ring (bicyclic) bond motifs is 1. The average Bonchev–Trinajstić information content (AvgIpc) is 3.37. The third-order valence-electron chi connectivity index (χ3n) is 7.32. The van der Waals surface area contributed by atoms with Crippen LogP contribution in [0.25, 0.3) is 28.0 Å². The van der Waals surface area contributed by atoms with Crippen LogP contribution in [-0.4, -0.2) is 47.0 Å². The molecule has 5 aromatic rings. The van der Waals surface area contributed by atoms with Crippen molar-refractivity contribution in [3.05, 3.63) is 101 Å². The van der Waals surface area contributed by atoms with Crippen LogP contribution in [0.2, 0.25) is 5.02 Å². The van der Waals surface area contributed by atoms with Gasteiger partial charge >= 0.3 is 0 Å². The molecule has 0 saturated carbocycles. The number of sulfonamides is 1. The van der Waals surface area contributed by atoms with Crippen LogP contribution in [0.4, 0.5) is 5.82 Å². The summed E-state index contributed by atoms with van der Waals surface area (Å²) >= 11 is 10.0. The van der Waals surface area contributed by atoms with Gasteiger partial charge in [-0.1, -0.05) is 72.3 Å². The van der Waals surface area contributed by atoms with E-state index < -0.39 is 10.0 Å². The van der Waals surface area contributed by atoms with Crippen LogP contribution in [0.3, 0.4) is 0 Å². The first-order chi connectivity index (χ1) is 19.4. The molecule has 0 bridgehead atoms. The Morgan fingerprint density at radius 1 is 0.925 bits per heavy atom. The Morgan fingerprint density at radius 3 is 2.33 bits per heavy atom. The fourth-order valence-electron chi connectivity index (χ4n) is 5.07. The molecule has 1 fully saturated rings. The fraction of sp³-hybridized carbons (Fsp3) is 0.200. The van der Waals surface area contributed by atoms with Crippen molar-refractivity contribution in [1.29, 1.82) is 0 Å². The van der Waals surface area contributed by atoms with Crippen molar-refractivity contribution in [3.63, 3.8) is 0 Å². The monoisotopic (exact) mass is 635 g/mol. The van der Waals surface area contributed by atoms with Gasteiger partial charge in [-0.05, 0) is 64.0 Å². The van der Waals surface area contributed by atoms with E-state index in [9.17, 15) is 8.42 Å². The molecule has 2 aromatic heterocycles. The lowest BCUT2D eigenvalue weighted by Gasteiger charge is -2.31. The zero-order valence-corrected chi connectivity index (χ0v) is 24.7. The maximum atomic E-state index is 13.3. The van der Waals surface area contributed by atoms with Gasteiger partial charge < -0.3 is 5.32 Å². The van der Waals surface area contributed by atoms with Crippen molar-refractivity contribution >= 4 is 49.0 Å². The highest BCUT2D eigenvalue weighted by molar-refractivity contribution is 9.10. The van der Waals surface area contributed by atoms with E-state index in [-0.39, 0.29) is 0 Å². The van der Waals surface area contributed by atoms with Gasteiger partial charge in [-0.25, -0.2) is 13.4 Å². The molecule has 0 aliphatic carbocycles. The second-order valence-corrected chi connectivity index (χ2v) is 13.1. The molecule has 7 nitrogen and oxygen atoms in total. The molecular weight excluding hydrogens is 610 g/mol. The molecule has 40 heavy (non-hydrogen) atoms. The van der Waals surface area contributed by atoms with Crippen LogP contribution in [0.1, 0.15) is 12.8 Å². The second-order valence-electron chi connectivity index (χ2n) is 9.85. The number of benzene rings is 3. The average molecular weight is 637 g/mol. The summed E-state index contributed by atoms with van der Waals surface area (Å²) in [5.74, 6) is 1.12. The molecular formula is C30H27BrClN5O2S. The van der Waals surface area contributed by atoms with Gasteiger partial charge in [0.15, 0.2) is 5.65 Å². The quantitative estimate of drug-likeness (QED) is 0.208. The van der Waals surface area contributed by atoms with Crippen molar-refractivity contribution in [2.24, 2.45) is 5.92 Å². The van der Waals surface area contributed by atoms with E-state index >= 15 is 0 Å². The van der Waals surface area contributed by atoms with E-state index in [0.717, 1.165) is 45.5 Å². The Hall–Kier alpha value is -3.24. The maximum absolute atomic E-state index is 13.3. The molecule has 204 valence electrons. The van der Waals surface area contributed by atoms with Crippen molar-refractivity contribution in [2.75, 3.05) is 25.0 Å². The highest BCUT2D eigenvalue weighted by atomic mass is 79.9. The summed E-state index contributed by atoms with van der Waals surface area (Å²) in [7, 11) is -3.55. The normalized spacial score (nSPS) is 14.9. The van der Waals surface area contributed by atoms with E-state index in [4.69, 9.17) is 16.6 Å².